The molecule has 2 heterocycles. The third kappa shape index (κ3) is 4.91. The molecule has 2 unspecified atom stereocenters. The maximum absolute atomic E-state index is 15.0. The lowest BCUT2D eigenvalue weighted by Gasteiger charge is -2.39. The number of sulfonamides is 1. The molecule has 1 fully saturated rings. The van der Waals surface area contributed by atoms with Crippen LogP contribution in [-0.4, -0.2) is 42.2 Å². The molecule has 5 rings (SSSR count). The summed E-state index contributed by atoms with van der Waals surface area (Å²) in [6.45, 7) is 1.55. The van der Waals surface area contributed by atoms with Gasteiger partial charge in [0.25, 0.3) is 0 Å². The van der Waals surface area contributed by atoms with E-state index in [-0.39, 0.29) is 29.0 Å². The molecule has 2 aromatic carbocycles. The van der Waals surface area contributed by atoms with Gasteiger partial charge in [-0.2, -0.15) is 18.3 Å². The lowest BCUT2D eigenvalue weighted by molar-refractivity contribution is -0.137. The molecule has 0 spiro atoms. The number of hydrogen-bond donors (Lipinski definition) is 1. The van der Waals surface area contributed by atoms with Crippen LogP contribution in [0, 0.1) is 5.82 Å². The molecule has 1 aromatic heterocycles. The van der Waals surface area contributed by atoms with Gasteiger partial charge in [-0.25, -0.2) is 17.5 Å². The lowest BCUT2D eigenvalue weighted by atomic mass is 9.88. The summed E-state index contributed by atoms with van der Waals surface area (Å²) in [6, 6.07) is 8.52. The summed E-state index contributed by atoms with van der Waals surface area (Å²) in [7, 11) is -2.29. The van der Waals surface area contributed by atoms with Crippen LogP contribution in [0.15, 0.2) is 53.7 Å². The summed E-state index contributed by atoms with van der Waals surface area (Å²) in [5, 5.41) is 3.86. The zero-order valence-corrected chi connectivity index (χ0v) is 20.4. The molecule has 0 saturated carbocycles. The number of alkyl halides is 3. The maximum Gasteiger partial charge on any atom is 0.416 e. The Morgan fingerprint density at radius 1 is 1.17 bits per heavy atom. The normalized spacial score (nSPS) is 20.4. The number of nitrogens with zero attached hydrogens (tertiary/aromatic N) is 3. The van der Waals surface area contributed by atoms with Gasteiger partial charge in [0.05, 0.1) is 11.8 Å². The van der Waals surface area contributed by atoms with E-state index in [1.165, 1.54) is 35.3 Å². The van der Waals surface area contributed by atoms with Gasteiger partial charge in [-0.1, -0.05) is 24.3 Å². The summed E-state index contributed by atoms with van der Waals surface area (Å²) in [5.74, 6) is -0.636. The van der Waals surface area contributed by atoms with Gasteiger partial charge >= 0.3 is 6.18 Å². The number of benzene rings is 2. The van der Waals surface area contributed by atoms with Gasteiger partial charge in [-0.05, 0) is 61.2 Å². The van der Waals surface area contributed by atoms with Crippen molar-refractivity contribution in [2.75, 3.05) is 13.1 Å². The number of aryl methyl sites for hydroxylation is 1. The van der Waals surface area contributed by atoms with Crippen molar-refractivity contribution in [3.05, 3.63) is 82.4 Å². The molecule has 1 saturated heterocycles. The summed E-state index contributed by atoms with van der Waals surface area (Å²) < 4.78 is 83.8. The predicted molar refractivity (Wildman–Crippen MR) is 125 cm³/mol. The van der Waals surface area contributed by atoms with Crippen molar-refractivity contribution in [1.29, 1.82) is 0 Å². The smallest absolute Gasteiger partial charge is 0.299 e. The largest absolute Gasteiger partial charge is 0.416 e. The average Bonchev–Trinajstić information content (AvgIpc) is 3.35. The van der Waals surface area contributed by atoms with E-state index in [2.05, 4.69) is 14.7 Å². The van der Waals surface area contributed by atoms with Crippen molar-refractivity contribution in [1.82, 2.24) is 19.4 Å². The van der Waals surface area contributed by atoms with Gasteiger partial charge in [0, 0.05) is 37.3 Å². The molecule has 11 heteroatoms. The van der Waals surface area contributed by atoms with E-state index in [9.17, 15) is 26.0 Å². The standard InChI is InChI=1S/C25H26F4N4O2S/c1-32-15-20(14-30-32)36(34,35)31-13-18-10-21-17(11-23(18)26)12-24(33-6-3-7-33)22(21)9-16-4-2-5-19(8-16)25(27,28)29/h2,4-5,8,10-11,14-15,22,24,31H,3,6-7,9,12-13H2,1H3. The van der Waals surface area contributed by atoms with Crippen LogP contribution in [0.25, 0.3) is 0 Å². The Hall–Kier alpha value is -2.76. The number of nitrogens with one attached hydrogen (secondary N) is 1. The Morgan fingerprint density at radius 2 is 1.94 bits per heavy atom. The number of halogens is 4. The minimum atomic E-state index is -4.43. The van der Waals surface area contributed by atoms with Gasteiger partial charge < -0.3 is 0 Å². The first-order chi connectivity index (χ1) is 17.0. The highest BCUT2D eigenvalue weighted by Gasteiger charge is 2.39. The molecule has 2 atom stereocenters. The number of rotatable bonds is 7. The third-order valence-corrected chi connectivity index (χ3v) is 8.47. The maximum atomic E-state index is 15.0. The van der Waals surface area contributed by atoms with E-state index >= 15 is 0 Å². The van der Waals surface area contributed by atoms with Crippen LogP contribution in [0.5, 0.6) is 0 Å². The number of likely N-dealkylation sites (tertiary alicyclic amines) is 1. The zero-order valence-electron chi connectivity index (χ0n) is 19.6. The van der Waals surface area contributed by atoms with E-state index in [1.807, 2.05) is 0 Å². The second-order valence-electron chi connectivity index (χ2n) is 9.49. The van der Waals surface area contributed by atoms with E-state index < -0.39 is 27.6 Å². The van der Waals surface area contributed by atoms with Gasteiger partial charge in [0.2, 0.25) is 10.0 Å². The van der Waals surface area contributed by atoms with E-state index in [0.717, 1.165) is 36.7 Å². The quantitative estimate of drug-likeness (QED) is 0.477. The van der Waals surface area contributed by atoms with Gasteiger partial charge in [-0.3, -0.25) is 9.58 Å². The van der Waals surface area contributed by atoms with Crippen LogP contribution < -0.4 is 4.72 Å². The van der Waals surface area contributed by atoms with Crippen molar-refractivity contribution in [3.63, 3.8) is 0 Å². The second-order valence-corrected chi connectivity index (χ2v) is 11.3. The van der Waals surface area contributed by atoms with E-state index in [4.69, 9.17) is 0 Å². The number of aromatic nitrogens is 2. The average molecular weight is 523 g/mol. The number of fused-ring (bicyclic) bond motifs is 1. The first-order valence-electron chi connectivity index (χ1n) is 11.7. The van der Waals surface area contributed by atoms with E-state index in [1.54, 1.807) is 19.2 Å². The minimum Gasteiger partial charge on any atom is -0.299 e. The molecular weight excluding hydrogens is 496 g/mol. The Bertz CT molecular complexity index is 1380. The fourth-order valence-corrected chi connectivity index (χ4v) is 6.12. The van der Waals surface area contributed by atoms with Crippen LogP contribution in [0.2, 0.25) is 0 Å². The molecule has 2 aliphatic rings. The topological polar surface area (TPSA) is 67.2 Å². The lowest BCUT2D eigenvalue weighted by Crippen LogP contribution is -2.47. The van der Waals surface area contributed by atoms with E-state index in [0.29, 0.717) is 18.4 Å². The zero-order chi connectivity index (χ0) is 25.7. The molecular formula is C25H26F4N4O2S. The molecule has 0 bridgehead atoms. The monoisotopic (exact) mass is 522 g/mol. The summed E-state index contributed by atoms with van der Waals surface area (Å²) >= 11 is 0. The fourth-order valence-electron chi connectivity index (χ4n) is 5.13. The first kappa shape index (κ1) is 24.9. The Kier molecular flexibility index (Phi) is 6.42. The van der Waals surface area contributed by atoms with Crippen molar-refractivity contribution in [2.45, 2.75) is 48.8 Å². The highest BCUT2D eigenvalue weighted by Crippen LogP contribution is 2.42. The summed E-state index contributed by atoms with van der Waals surface area (Å²) in [6.07, 6.45) is 0.178. The van der Waals surface area contributed by atoms with Gasteiger partial charge in [0.1, 0.15) is 10.7 Å². The fraction of sp³-hybridized carbons (Fsp3) is 0.400. The molecule has 36 heavy (non-hydrogen) atoms. The molecule has 0 amide bonds. The van der Waals surface area contributed by atoms with Crippen molar-refractivity contribution in [3.8, 4) is 0 Å². The van der Waals surface area contributed by atoms with Crippen LogP contribution >= 0.6 is 0 Å². The molecule has 192 valence electrons. The van der Waals surface area contributed by atoms with Crippen LogP contribution in [0.3, 0.4) is 0 Å². The number of hydrogen-bond acceptors (Lipinski definition) is 4. The first-order valence-corrected chi connectivity index (χ1v) is 13.2. The SMILES string of the molecule is Cn1cc(S(=O)(=O)NCc2cc3c(cc2F)CC(N2CCC2)C3Cc2cccc(C(F)(F)F)c2)cn1. The molecule has 1 aliphatic heterocycles. The van der Waals surface area contributed by atoms with Crippen molar-refractivity contribution in [2.24, 2.45) is 7.05 Å². The van der Waals surface area contributed by atoms with Gasteiger partial charge in [-0.15, -0.1) is 0 Å². The summed E-state index contributed by atoms with van der Waals surface area (Å²) in [4.78, 5) is 2.27. The molecule has 0 radical (unpaired) electrons. The van der Waals surface area contributed by atoms with Crippen LogP contribution in [0.1, 0.15) is 40.2 Å². The third-order valence-electron chi connectivity index (χ3n) is 7.11. The highest BCUT2D eigenvalue weighted by atomic mass is 32.2. The van der Waals surface area contributed by atoms with Crippen LogP contribution in [-0.2, 0) is 42.6 Å². The molecule has 6 nitrogen and oxygen atoms in total. The molecule has 1 aliphatic carbocycles. The minimum absolute atomic E-state index is 0.0214. The van der Waals surface area contributed by atoms with Gasteiger partial charge in [0.15, 0.2) is 0 Å². The summed E-state index contributed by atoms with van der Waals surface area (Å²) in [5.41, 5.74) is 1.75. The Balaban J connectivity index is 1.43. The van der Waals surface area contributed by atoms with Crippen molar-refractivity contribution >= 4 is 10.0 Å². The van der Waals surface area contributed by atoms with Crippen LogP contribution in [0.4, 0.5) is 17.6 Å². The highest BCUT2D eigenvalue weighted by molar-refractivity contribution is 7.89. The van der Waals surface area contributed by atoms with Crippen molar-refractivity contribution < 1.29 is 26.0 Å². The Labute approximate surface area is 207 Å². The molecule has 3 aromatic rings. The molecule has 1 N–H and O–H groups in total. The Morgan fingerprint density at radius 3 is 2.58 bits per heavy atom. The predicted octanol–water partition coefficient (Wildman–Crippen LogP) is 4.01. The second kappa shape index (κ2) is 9.28.